The van der Waals surface area contributed by atoms with Gasteiger partial charge < -0.3 is 9.84 Å². The number of ether oxygens (including phenoxy) is 1. The molecule has 10 heteroatoms. The molecular weight excluding hydrogens is 268 g/mol. The number of aliphatic hydroxyl groups is 1. The average molecular weight is 284 g/mol. The maximum absolute atomic E-state index is 10.8. The van der Waals surface area contributed by atoms with Gasteiger partial charge in [-0.1, -0.05) is 12.5 Å². The summed E-state index contributed by atoms with van der Waals surface area (Å²) in [7, 11) is 0. The summed E-state index contributed by atoms with van der Waals surface area (Å²) in [5.74, 6) is 0. The summed E-state index contributed by atoms with van der Waals surface area (Å²) in [6.07, 6.45) is 0.403. The average Bonchev–Trinajstić information content (AvgIpc) is 2.79. The number of nitro groups is 1. The fourth-order valence-electron chi connectivity index (χ4n) is 2.02. The second kappa shape index (κ2) is 6.85. The second-order valence-corrected chi connectivity index (χ2v) is 4.16. The molecule has 2 N–H and O–H groups in total. The fraction of sp³-hybridized carbons (Fsp3) is 0.700. The molecule has 10 nitrogen and oxygen atoms in total. The largest absolute Gasteiger partial charge is 0.390 e. The molecule has 0 spiro atoms. The van der Waals surface area contributed by atoms with Crippen LogP contribution in [0.3, 0.4) is 0 Å². The first-order valence-corrected chi connectivity index (χ1v) is 5.65. The molecule has 0 radical (unpaired) electrons. The third kappa shape index (κ3) is 3.23. The molecule has 1 aliphatic heterocycles. The monoisotopic (exact) mass is 284 g/mol. The van der Waals surface area contributed by atoms with Crippen molar-refractivity contribution in [3.63, 3.8) is 0 Å². The van der Waals surface area contributed by atoms with Crippen molar-refractivity contribution in [1.29, 1.82) is 0 Å². The summed E-state index contributed by atoms with van der Waals surface area (Å²) in [5, 5.41) is 30.2. The lowest BCUT2D eigenvalue weighted by molar-refractivity contribution is -0.386. The van der Waals surface area contributed by atoms with Crippen molar-refractivity contribution >= 4 is 5.69 Å². The smallest absolute Gasteiger partial charge is 0.312 e. The zero-order valence-corrected chi connectivity index (χ0v) is 9.84. The van der Waals surface area contributed by atoms with Gasteiger partial charge in [0.05, 0.1) is 23.7 Å². The number of hydrogen-bond acceptors (Lipinski definition) is 6. The summed E-state index contributed by atoms with van der Waals surface area (Å²) in [5.41, 5.74) is 8.51. The summed E-state index contributed by atoms with van der Waals surface area (Å²) in [6, 6.07) is -0.586. The van der Waals surface area contributed by atoms with Crippen LogP contribution in [0, 0.1) is 10.1 Å². The van der Waals surface area contributed by atoms with Gasteiger partial charge in [-0.3, -0.25) is 15.2 Å². The molecule has 1 aromatic heterocycles. The van der Waals surface area contributed by atoms with Crippen molar-refractivity contribution in [3.05, 3.63) is 32.4 Å². The molecule has 1 saturated heterocycles. The van der Waals surface area contributed by atoms with Gasteiger partial charge in [0.2, 0.25) is 0 Å². The lowest BCUT2D eigenvalue weighted by atomic mass is 10.0. The van der Waals surface area contributed by atoms with Gasteiger partial charge in [0, 0.05) is 4.91 Å². The molecule has 0 aliphatic carbocycles. The summed E-state index contributed by atoms with van der Waals surface area (Å²) in [6.45, 7) is -0.0511. The molecule has 1 fully saturated rings. The van der Waals surface area contributed by atoms with Gasteiger partial charge in [-0.25, -0.2) is 0 Å². The molecule has 0 amide bonds. The number of rotatable bonds is 3. The summed E-state index contributed by atoms with van der Waals surface area (Å²) < 4.78 is 5.42. The Morgan fingerprint density at radius 3 is 3.05 bits per heavy atom. The summed E-state index contributed by atoms with van der Waals surface area (Å²) >= 11 is 0. The van der Waals surface area contributed by atoms with Crippen LogP contribution in [0.25, 0.3) is 10.4 Å². The SMILES string of the molecule is C.[N-]=[N+]=N[C@@H]1CC[C@@H](c2[nH]ncc2[N+](=O)[O-])OC[C@H]1O. The molecule has 3 atom stereocenters. The normalized spacial score (nSPS) is 25.9. The minimum Gasteiger partial charge on any atom is -0.390 e. The molecule has 0 bridgehead atoms. The van der Waals surface area contributed by atoms with E-state index in [0.29, 0.717) is 12.8 Å². The number of aromatic nitrogens is 2. The highest BCUT2D eigenvalue weighted by molar-refractivity contribution is 5.33. The van der Waals surface area contributed by atoms with E-state index in [2.05, 4.69) is 20.2 Å². The van der Waals surface area contributed by atoms with Crippen LogP contribution < -0.4 is 0 Å². The number of nitrogens with one attached hydrogen (secondary N) is 1. The molecule has 0 unspecified atom stereocenters. The van der Waals surface area contributed by atoms with Crippen LogP contribution in [0.2, 0.25) is 0 Å². The molecule has 2 rings (SSSR count). The van der Waals surface area contributed by atoms with E-state index in [0.717, 1.165) is 6.20 Å². The van der Waals surface area contributed by atoms with Crippen molar-refractivity contribution in [2.45, 2.75) is 38.5 Å². The quantitative estimate of drug-likeness (QED) is 0.285. The third-order valence-electron chi connectivity index (χ3n) is 3.00. The lowest BCUT2D eigenvalue weighted by Crippen LogP contribution is -2.26. The zero-order valence-electron chi connectivity index (χ0n) is 9.84. The fourth-order valence-corrected chi connectivity index (χ4v) is 2.02. The Morgan fingerprint density at radius 1 is 1.65 bits per heavy atom. The van der Waals surface area contributed by atoms with Crippen LogP contribution in [0.4, 0.5) is 5.69 Å². The first-order valence-electron chi connectivity index (χ1n) is 5.65. The van der Waals surface area contributed by atoms with E-state index in [9.17, 15) is 15.2 Å². The van der Waals surface area contributed by atoms with E-state index in [1.807, 2.05) is 0 Å². The standard InChI is InChI=1S/C9H12N6O4.CH4/c10-14-12-5-1-2-8(19-4-7(5)16)9-6(15(17)18)3-11-13-9;/h3,5,7-8,16H,1-2,4H2,(H,11,13);1H4/t5-,7-,8+;/m1./s1. The Bertz CT molecular complexity index is 512. The first-order chi connectivity index (χ1) is 9.13. The van der Waals surface area contributed by atoms with Gasteiger partial charge in [-0.2, -0.15) is 5.10 Å². The van der Waals surface area contributed by atoms with Crippen LogP contribution in [0.1, 0.15) is 32.1 Å². The maximum Gasteiger partial charge on any atom is 0.312 e. The van der Waals surface area contributed by atoms with E-state index < -0.39 is 23.2 Å². The molecule has 2 heterocycles. The van der Waals surface area contributed by atoms with Crippen molar-refractivity contribution in [3.8, 4) is 0 Å². The van der Waals surface area contributed by atoms with Gasteiger partial charge in [-0.05, 0) is 18.4 Å². The summed E-state index contributed by atoms with van der Waals surface area (Å²) in [4.78, 5) is 12.9. The van der Waals surface area contributed by atoms with Crippen molar-refractivity contribution < 1.29 is 14.8 Å². The molecule has 1 aromatic rings. The minimum atomic E-state index is -0.914. The van der Waals surface area contributed by atoms with Crippen molar-refractivity contribution in [2.75, 3.05) is 6.61 Å². The zero-order chi connectivity index (χ0) is 13.8. The van der Waals surface area contributed by atoms with Gasteiger partial charge >= 0.3 is 5.69 Å². The molecule has 0 aromatic carbocycles. The number of azide groups is 1. The van der Waals surface area contributed by atoms with Crippen molar-refractivity contribution in [1.82, 2.24) is 10.2 Å². The first kappa shape index (κ1) is 15.9. The van der Waals surface area contributed by atoms with Crippen LogP contribution in [0.15, 0.2) is 11.3 Å². The number of aliphatic hydroxyl groups excluding tert-OH is 1. The van der Waals surface area contributed by atoms with Crippen LogP contribution in [-0.4, -0.2) is 39.0 Å². The second-order valence-electron chi connectivity index (χ2n) is 4.16. The van der Waals surface area contributed by atoms with E-state index in [1.54, 1.807) is 0 Å². The highest BCUT2D eigenvalue weighted by atomic mass is 16.6. The van der Waals surface area contributed by atoms with Crippen LogP contribution >= 0.6 is 0 Å². The van der Waals surface area contributed by atoms with E-state index >= 15 is 0 Å². The van der Waals surface area contributed by atoms with Gasteiger partial charge in [0.25, 0.3) is 0 Å². The predicted molar refractivity (Wildman–Crippen MR) is 68.8 cm³/mol. The Kier molecular flexibility index (Phi) is 5.44. The molecule has 1 aliphatic rings. The van der Waals surface area contributed by atoms with E-state index in [1.165, 1.54) is 0 Å². The Morgan fingerprint density at radius 2 is 2.40 bits per heavy atom. The third-order valence-corrected chi connectivity index (χ3v) is 3.00. The molecule has 0 saturated carbocycles. The highest BCUT2D eigenvalue weighted by Gasteiger charge is 2.31. The molecule has 110 valence electrons. The minimum absolute atomic E-state index is 0. The van der Waals surface area contributed by atoms with E-state index in [-0.39, 0.29) is 25.4 Å². The Labute approximate surface area is 114 Å². The van der Waals surface area contributed by atoms with Gasteiger partial charge in [0.1, 0.15) is 18.0 Å². The number of nitrogens with zero attached hydrogens (tertiary/aromatic N) is 5. The number of hydrogen-bond donors (Lipinski definition) is 2. The topological polar surface area (TPSA) is 150 Å². The predicted octanol–water partition coefficient (Wildman–Crippen LogP) is 1.85. The number of H-pyrrole nitrogens is 1. The van der Waals surface area contributed by atoms with Gasteiger partial charge in [-0.15, -0.1) is 0 Å². The molecular formula is C10H16N6O4. The Balaban J connectivity index is 0.00000200. The maximum atomic E-state index is 10.8. The van der Waals surface area contributed by atoms with Gasteiger partial charge in [0.15, 0.2) is 0 Å². The lowest BCUT2D eigenvalue weighted by Gasteiger charge is -2.13. The highest BCUT2D eigenvalue weighted by Crippen LogP contribution is 2.32. The van der Waals surface area contributed by atoms with E-state index in [4.69, 9.17) is 10.3 Å². The van der Waals surface area contributed by atoms with Crippen LogP contribution in [-0.2, 0) is 4.74 Å². The molecule has 20 heavy (non-hydrogen) atoms. The Hall–Kier alpha value is -2.16. The number of aromatic amines is 1. The van der Waals surface area contributed by atoms with Crippen molar-refractivity contribution in [2.24, 2.45) is 5.11 Å². The van der Waals surface area contributed by atoms with Crippen LogP contribution in [0.5, 0.6) is 0 Å².